The van der Waals surface area contributed by atoms with Crippen molar-refractivity contribution in [3.8, 4) is 45.3 Å². The molecule has 0 atom stereocenters. The van der Waals surface area contributed by atoms with Crippen molar-refractivity contribution in [1.29, 1.82) is 0 Å². The highest BCUT2D eigenvalue weighted by molar-refractivity contribution is 7.26. The van der Waals surface area contributed by atoms with E-state index in [-0.39, 0.29) is 0 Å². The van der Waals surface area contributed by atoms with Gasteiger partial charge in [0.2, 0.25) is 0 Å². The van der Waals surface area contributed by atoms with Crippen molar-refractivity contribution in [1.82, 2.24) is 19.9 Å². The second-order valence-electron chi connectivity index (χ2n) is 11.2. The van der Waals surface area contributed by atoms with Crippen molar-refractivity contribution in [2.75, 3.05) is 0 Å². The normalized spacial score (nSPS) is 11.6. The number of benzene rings is 6. The molecule has 0 saturated heterocycles. The topological polar surface area (TPSA) is 51.6 Å². The van der Waals surface area contributed by atoms with E-state index in [1.54, 1.807) is 11.3 Å². The van der Waals surface area contributed by atoms with E-state index in [0.29, 0.717) is 17.5 Å². The Hall–Kier alpha value is -5.78. The summed E-state index contributed by atoms with van der Waals surface area (Å²) in [4.78, 5) is 19.5. The number of pyridine rings is 1. The summed E-state index contributed by atoms with van der Waals surface area (Å²) in [5, 5.41) is 7.12. The molecule has 0 N–H and O–H groups in total. The minimum Gasteiger partial charge on any atom is -0.264 e. The van der Waals surface area contributed by atoms with E-state index in [4.69, 9.17) is 15.0 Å². The van der Waals surface area contributed by atoms with Crippen LogP contribution in [0.5, 0.6) is 0 Å². The number of rotatable bonds is 4. The fourth-order valence-electron chi connectivity index (χ4n) is 6.07. The Morgan fingerprint density at radius 1 is 0.400 bits per heavy atom. The first-order chi connectivity index (χ1) is 22.3. The fourth-order valence-corrected chi connectivity index (χ4v) is 7.27. The lowest BCUT2D eigenvalue weighted by molar-refractivity contribution is 1.08. The van der Waals surface area contributed by atoms with Gasteiger partial charge in [0, 0.05) is 54.6 Å². The number of aromatic nitrogens is 4. The standard InChI is InChI=1S/C40H24N4S/c1-2-6-25(7-3-1)27-10-14-29(15-11-27)38-42-39(31-16-12-26-8-4-5-9-30(26)22-31)44-40(43-38)32-17-13-28-18-19-33-35-24-41-21-20-36(35)45-37(33)34(28)23-32/h1-24H. The molecule has 0 aliphatic rings. The van der Waals surface area contributed by atoms with Crippen LogP contribution in [0.4, 0.5) is 0 Å². The maximum atomic E-state index is 5.07. The van der Waals surface area contributed by atoms with Gasteiger partial charge in [0.15, 0.2) is 17.5 Å². The second-order valence-corrected chi connectivity index (χ2v) is 12.2. The predicted molar refractivity (Wildman–Crippen MR) is 187 cm³/mol. The smallest absolute Gasteiger partial charge is 0.164 e. The van der Waals surface area contributed by atoms with Gasteiger partial charge in [0.1, 0.15) is 0 Å². The Bertz CT molecular complexity index is 2540. The van der Waals surface area contributed by atoms with Crippen LogP contribution in [0.1, 0.15) is 0 Å². The van der Waals surface area contributed by atoms with Gasteiger partial charge in [-0.15, -0.1) is 11.3 Å². The minimum atomic E-state index is 0.647. The highest BCUT2D eigenvalue weighted by Crippen LogP contribution is 2.39. The quantitative estimate of drug-likeness (QED) is 0.204. The van der Waals surface area contributed by atoms with Gasteiger partial charge in [-0.2, -0.15) is 0 Å². The molecule has 210 valence electrons. The number of hydrogen-bond donors (Lipinski definition) is 0. The summed E-state index contributed by atoms with van der Waals surface area (Å²) in [6, 6.07) is 46.6. The Morgan fingerprint density at radius 3 is 1.80 bits per heavy atom. The maximum absolute atomic E-state index is 5.07. The Labute approximate surface area is 263 Å². The van der Waals surface area contributed by atoms with Crippen LogP contribution in [0.15, 0.2) is 146 Å². The molecule has 4 nitrogen and oxygen atoms in total. The molecule has 0 aliphatic carbocycles. The zero-order chi connectivity index (χ0) is 29.7. The molecule has 0 amide bonds. The van der Waals surface area contributed by atoms with E-state index in [9.17, 15) is 0 Å². The van der Waals surface area contributed by atoms with Crippen molar-refractivity contribution in [3.05, 3.63) is 146 Å². The van der Waals surface area contributed by atoms with Gasteiger partial charge in [0.25, 0.3) is 0 Å². The summed E-state index contributed by atoms with van der Waals surface area (Å²) in [6.07, 6.45) is 3.82. The first kappa shape index (κ1) is 25.7. The maximum Gasteiger partial charge on any atom is 0.164 e. The van der Waals surface area contributed by atoms with E-state index in [1.807, 2.05) is 18.5 Å². The molecule has 5 heteroatoms. The van der Waals surface area contributed by atoms with Crippen LogP contribution in [0, 0.1) is 0 Å². The third kappa shape index (κ3) is 4.53. The highest BCUT2D eigenvalue weighted by atomic mass is 32.1. The van der Waals surface area contributed by atoms with Crippen LogP contribution in [0.25, 0.3) is 87.0 Å². The molecule has 0 fully saturated rings. The lowest BCUT2D eigenvalue weighted by atomic mass is 10.0. The average molecular weight is 593 g/mol. The predicted octanol–water partition coefficient (Wildman–Crippen LogP) is 10.6. The summed E-state index contributed by atoms with van der Waals surface area (Å²) in [5.41, 5.74) is 5.19. The molecule has 0 saturated carbocycles. The SMILES string of the molecule is c1ccc(-c2ccc(-c3nc(-c4ccc5ccccc5c4)nc(-c4ccc5ccc6c7cnccc7sc6c5c4)n3)cc2)cc1. The van der Waals surface area contributed by atoms with E-state index in [1.165, 1.54) is 41.9 Å². The summed E-state index contributed by atoms with van der Waals surface area (Å²) in [5.74, 6) is 1.95. The molecule has 9 rings (SSSR count). The third-order valence-electron chi connectivity index (χ3n) is 8.41. The molecular formula is C40H24N4S. The molecule has 0 spiro atoms. The molecule has 3 aromatic heterocycles. The molecule has 9 aromatic rings. The average Bonchev–Trinajstić information content (AvgIpc) is 3.51. The summed E-state index contributed by atoms with van der Waals surface area (Å²) in [7, 11) is 0. The first-order valence-corrected chi connectivity index (χ1v) is 15.7. The molecule has 0 aliphatic heterocycles. The number of fused-ring (bicyclic) bond motifs is 6. The number of thiophene rings is 1. The first-order valence-electron chi connectivity index (χ1n) is 14.9. The highest BCUT2D eigenvalue weighted by Gasteiger charge is 2.15. The zero-order valence-electron chi connectivity index (χ0n) is 24.1. The lowest BCUT2D eigenvalue weighted by Gasteiger charge is -2.10. The van der Waals surface area contributed by atoms with Crippen molar-refractivity contribution >= 4 is 53.1 Å². The monoisotopic (exact) mass is 592 g/mol. The minimum absolute atomic E-state index is 0.647. The molecule has 3 heterocycles. The van der Waals surface area contributed by atoms with E-state index in [0.717, 1.165) is 27.6 Å². The second kappa shape index (κ2) is 10.4. The van der Waals surface area contributed by atoms with Gasteiger partial charge < -0.3 is 0 Å². The Kier molecular flexibility index (Phi) is 5.96. The molecule has 0 radical (unpaired) electrons. The van der Waals surface area contributed by atoms with Crippen molar-refractivity contribution in [3.63, 3.8) is 0 Å². The Balaban J connectivity index is 1.23. The van der Waals surface area contributed by atoms with Crippen molar-refractivity contribution in [2.24, 2.45) is 0 Å². The largest absolute Gasteiger partial charge is 0.264 e. The third-order valence-corrected chi connectivity index (χ3v) is 9.63. The summed E-state index contributed by atoms with van der Waals surface area (Å²) in [6.45, 7) is 0. The van der Waals surface area contributed by atoms with Gasteiger partial charge in [0.05, 0.1) is 0 Å². The molecule has 0 bridgehead atoms. The van der Waals surface area contributed by atoms with Gasteiger partial charge in [-0.25, -0.2) is 15.0 Å². The molecule has 45 heavy (non-hydrogen) atoms. The molecular weight excluding hydrogens is 569 g/mol. The van der Waals surface area contributed by atoms with Crippen LogP contribution >= 0.6 is 11.3 Å². The Morgan fingerprint density at radius 2 is 1.00 bits per heavy atom. The van der Waals surface area contributed by atoms with Gasteiger partial charge in [-0.05, 0) is 45.5 Å². The molecule has 6 aromatic carbocycles. The van der Waals surface area contributed by atoms with Gasteiger partial charge in [-0.3, -0.25) is 4.98 Å². The van der Waals surface area contributed by atoms with Gasteiger partial charge in [-0.1, -0.05) is 115 Å². The van der Waals surface area contributed by atoms with Crippen LogP contribution in [-0.2, 0) is 0 Å². The lowest BCUT2D eigenvalue weighted by Crippen LogP contribution is -2.00. The van der Waals surface area contributed by atoms with Gasteiger partial charge >= 0.3 is 0 Å². The van der Waals surface area contributed by atoms with Crippen LogP contribution < -0.4 is 0 Å². The number of nitrogens with zero attached hydrogens (tertiary/aromatic N) is 4. The summed E-state index contributed by atoms with van der Waals surface area (Å²) >= 11 is 1.80. The summed E-state index contributed by atoms with van der Waals surface area (Å²) < 4.78 is 2.48. The van der Waals surface area contributed by atoms with Crippen molar-refractivity contribution < 1.29 is 0 Å². The molecule has 0 unspecified atom stereocenters. The number of hydrogen-bond acceptors (Lipinski definition) is 5. The zero-order valence-corrected chi connectivity index (χ0v) is 24.9. The van der Waals surface area contributed by atoms with E-state index < -0.39 is 0 Å². The van der Waals surface area contributed by atoms with E-state index in [2.05, 4.69) is 132 Å². The van der Waals surface area contributed by atoms with Crippen LogP contribution in [0.2, 0.25) is 0 Å². The van der Waals surface area contributed by atoms with E-state index >= 15 is 0 Å². The fraction of sp³-hybridized carbons (Fsp3) is 0. The van der Waals surface area contributed by atoms with Crippen LogP contribution in [-0.4, -0.2) is 19.9 Å². The van der Waals surface area contributed by atoms with Crippen LogP contribution in [0.3, 0.4) is 0 Å². The van der Waals surface area contributed by atoms with Crippen molar-refractivity contribution in [2.45, 2.75) is 0 Å².